The summed E-state index contributed by atoms with van der Waals surface area (Å²) in [6.45, 7) is 12.1. The van der Waals surface area contributed by atoms with Crippen LogP contribution in [0.25, 0.3) is 0 Å². The van der Waals surface area contributed by atoms with Gasteiger partial charge in [0.15, 0.2) is 5.96 Å². The Morgan fingerprint density at radius 1 is 1.31 bits per heavy atom. The Bertz CT molecular complexity index is 635. The number of benzene rings is 1. The van der Waals surface area contributed by atoms with Gasteiger partial charge < -0.3 is 15.0 Å². The molecule has 0 spiro atoms. The molecule has 1 aromatic rings. The summed E-state index contributed by atoms with van der Waals surface area (Å²) in [5.74, 6) is 1.96. The average Bonchev–Trinajstić information content (AvgIpc) is 3.32. The summed E-state index contributed by atoms with van der Waals surface area (Å²) < 4.78 is 6.07. The Hall–Kier alpha value is -2.01. The van der Waals surface area contributed by atoms with Gasteiger partial charge in [-0.15, -0.1) is 0 Å². The van der Waals surface area contributed by atoms with Gasteiger partial charge in [0.25, 0.3) is 0 Å². The first kappa shape index (κ1) is 18.8. The maximum Gasteiger partial charge on any atom is 0.194 e. The van der Waals surface area contributed by atoms with Gasteiger partial charge in [-0.3, -0.25) is 4.90 Å². The Labute approximate surface area is 157 Å². The lowest BCUT2D eigenvalue weighted by molar-refractivity contribution is 0.228. The molecule has 2 unspecified atom stereocenters. The van der Waals surface area contributed by atoms with E-state index in [4.69, 9.17) is 9.73 Å². The van der Waals surface area contributed by atoms with Gasteiger partial charge in [-0.1, -0.05) is 30.4 Å². The van der Waals surface area contributed by atoms with Crippen LogP contribution in [-0.4, -0.2) is 67.2 Å². The maximum atomic E-state index is 6.07. The van der Waals surface area contributed by atoms with E-state index in [0.717, 1.165) is 50.0 Å². The lowest BCUT2D eigenvalue weighted by Crippen LogP contribution is -2.43. The number of para-hydroxylation sites is 1. The smallest absolute Gasteiger partial charge is 0.194 e. The molecule has 2 aliphatic heterocycles. The van der Waals surface area contributed by atoms with Crippen molar-refractivity contribution in [1.82, 2.24) is 15.1 Å². The first-order valence-corrected chi connectivity index (χ1v) is 9.82. The molecule has 1 saturated heterocycles. The summed E-state index contributed by atoms with van der Waals surface area (Å²) in [4.78, 5) is 9.80. The second kappa shape index (κ2) is 9.08. The van der Waals surface area contributed by atoms with Crippen molar-refractivity contribution in [1.29, 1.82) is 0 Å². The number of nitrogens with zero attached hydrogens (tertiary/aromatic N) is 3. The van der Waals surface area contributed by atoms with Crippen molar-refractivity contribution in [3.8, 4) is 5.75 Å². The molecule has 0 bridgehead atoms. The van der Waals surface area contributed by atoms with Crippen LogP contribution in [0, 0.1) is 6.92 Å². The normalized spacial score (nSPS) is 22.0. The largest absolute Gasteiger partial charge is 0.489 e. The van der Waals surface area contributed by atoms with Crippen molar-refractivity contribution in [3.63, 3.8) is 0 Å². The van der Waals surface area contributed by atoms with E-state index in [9.17, 15) is 0 Å². The number of hydrogen-bond acceptors (Lipinski definition) is 3. The summed E-state index contributed by atoms with van der Waals surface area (Å²) in [6.07, 6.45) is 5.80. The molecule has 142 valence electrons. The van der Waals surface area contributed by atoms with Gasteiger partial charge in [-0.05, 0) is 38.8 Å². The highest BCUT2D eigenvalue weighted by atomic mass is 16.5. The molecular formula is C21H32N4O. The fourth-order valence-electron chi connectivity index (χ4n) is 3.61. The lowest BCUT2D eigenvalue weighted by Gasteiger charge is -2.25. The standard InChI is InChI=1S/C21H32N4O/c1-4-22-21(25-14-11-19(16-25)24-12-7-8-13-24)23-15-18(3)26-20-10-6-5-9-17(20)2/h5-10,18-19H,4,11-16H2,1-3H3,(H,22,23). The van der Waals surface area contributed by atoms with Crippen molar-refractivity contribution >= 4 is 5.96 Å². The van der Waals surface area contributed by atoms with E-state index >= 15 is 0 Å². The number of likely N-dealkylation sites (tertiary alicyclic amines) is 1. The molecule has 1 N–H and O–H groups in total. The third kappa shape index (κ3) is 4.79. The molecule has 3 rings (SSSR count). The van der Waals surface area contributed by atoms with Crippen molar-refractivity contribution in [2.45, 2.75) is 39.3 Å². The van der Waals surface area contributed by atoms with Crippen LogP contribution in [-0.2, 0) is 0 Å². The molecule has 2 heterocycles. The molecule has 0 aliphatic carbocycles. The van der Waals surface area contributed by atoms with Crippen LogP contribution in [0.4, 0.5) is 0 Å². The second-order valence-corrected chi connectivity index (χ2v) is 7.20. The summed E-state index contributed by atoms with van der Waals surface area (Å²) in [5.41, 5.74) is 1.16. The predicted octanol–water partition coefficient (Wildman–Crippen LogP) is 2.67. The van der Waals surface area contributed by atoms with E-state index in [1.165, 1.54) is 6.42 Å². The van der Waals surface area contributed by atoms with Crippen LogP contribution >= 0.6 is 0 Å². The zero-order valence-corrected chi connectivity index (χ0v) is 16.3. The zero-order valence-electron chi connectivity index (χ0n) is 16.3. The average molecular weight is 357 g/mol. The molecule has 2 aliphatic rings. The van der Waals surface area contributed by atoms with Crippen molar-refractivity contribution < 1.29 is 4.74 Å². The quantitative estimate of drug-likeness (QED) is 0.483. The van der Waals surface area contributed by atoms with Crippen molar-refractivity contribution in [2.75, 3.05) is 39.3 Å². The molecule has 5 nitrogen and oxygen atoms in total. The van der Waals surface area contributed by atoms with Crippen LogP contribution in [0.3, 0.4) is 0 Å². The monoisotopic (exact) mass is 356 g/mol. The van der Waals surface area contributed by atoms with E-state index in [0.29, 0.717) is 12.6 Å². The Kier molecular flexibility index (Phi) is 6.56. The molecule has 1 aromatic carbocycles. The molecule has 5 heteroatoms. The lowest BCUT2D eigenvalue weighted by atomic mass is 10.2. The third-order valence-corrected chi connectivity index (χ3v) is 5.08. The number of nitrogens with one attached hydrogen (secondary N) is 1. The first-order chi connectivity index (χ1) is 12.7. The van der Waals surface area contributed by atoms with Crippen LogP contribution in [0.15, 0.2) is 41.4 Å². The molecule has 0 amide bonds. The molecule has 0 saturated carbocycles. The van der Waals surface area contributed by atoms with E-state index in [2.05, 4.69) is 54.1 Å². The Morgan fingerprint density at radius 2 is 2.08 bits per heavy atom. The van der Waals surface area contributed by atoms with Gasteiger partial charge >= 0.3 is 0 Å². The van der Waals surface area contributed by atoms with Crippen molar-refractivity contribution in [3.05, 3.63) is 42.0 Å². The predicted molar refractivity (Wildman–Crippen MR) is 108 cm³/mol. The van der Waals surface area contributed by atoms with Gasteiger partial charge in [0, 0.05) is 38.8 Å². The minimum atomic E-state index is 0.0472. The van der Waals surface area contributed by atoms with Gasteiger partial charge in [-0.25, -0.2) is 4.99 Å². The van der Waals surface area contributed by atoms with E-state index in [1.54, 1.807) is 0 Å². The summed E-state index contributed by atoms with van der Waals surface area (Å²) in [5, 5.41) is 3.45. The highest BCUT2D eigenvalue weighted by Crippen LogP contribution is 2.19. The first-order valence-electron chi connectivity index (χ1n) is 9.82. The molecule has 2 atom stereocenters. The molecule has 26 heavy (non-hydrogen) atoms. The number of rotatable bonds is 6. The van der Waals surface area contributed by atoms with Gasteiger partial charge in [-0.2, -0.15) is 0 Å². The van der Waals surface area contributed by atoms with E-state index in [-0.39, 0.29) is 6.10 Å². The van der Waals surface area contributed by atoms with Gasteiger partial charge in [0.2, 0.25) is 0 Å². The van der Waals surface area contributed by atoms with Crippen LogP contribution in [0.5, 0.6) is 5.75 Å². The van der Waals surface area contributed by atoms with Crippen molar-refractivity contribution in [2.24, 2.45) is 4.99 Å². The summed E-state index contributed by atoms with van der Waals surface area (Å²) >= 11 is 0. The molecule has 0 radical (unpaired) electrons. The maximum absolute atomic E-state index is 6.07. The molecule has 0 aromatic heterocycles. The Balaban J connectivity index is 1.56. The number of ether oxygens (including phenoxy) is 1. The van der Waals surface area contributed by atoms with Gasteiger partial charge in [0.1, 0.15) is 11.9 Å². The second-order valence-electron chi connectivity index (χ2n) is 7.20. The van der Waals surface area contributed by atoms with Gasteiger partial charge in [0.05, 0.1) is 6.54 Å². The minimum Gasteiger partial charge on any atom is -0.489 e. The zero-order chi connectivity index (χ0) is 18.4. The fourth-order valence-corrected chi connectivity index (χ4v) is 3.61. The van der Waals surface area contributed by atoms with Crippen LogP contribution in [0.2, 0.25) is 0 Å². The summed E-state index contributed by atoms with van der Waals surface area (Å²) in [6, 6.07) is 8.78. The van der Waals surface area contributed by atoms with E-state index in [1.807, 2.05) is 18.2 Å². The topological polar surface area (TPSA) is 40.1 Å². The Morgan fingerprint density at radius 3 is 2.81 bits per heavy atom. The third-order valence-electron chi connectivity index (χ3n) is 5.08. The van der Waals surface area contributed by atoms with Crippen LogP contribution < -0.4 is 10.1 Å². The molecular weight excluding hydrogens is 324 g/mol. The number of aliphatic imine (C=N–C) groups is 1. The number of aryl methyl sites for hydroxylation is 1. The van der Waals surface area contributed by atoms with E-state index < -0.39 is 0 Å². The van der Waals surface area contributed by atoms with Crippen LogP contribution in [0.1, 0.15) is 25.8 Å². The summed E-state index contributed by atoms with van der Waals surface area (Å²) in [7, 11) is 0. The highest BCUT2D eigenvalue weighted by molar-refractivity contribution is 5.80. The molecule has 1 fully saturated rings. The minimum absolute atomic E-state index is 0.0472. The highest BCUT2D eigenvalue weighted by Gasteiger charge is 2.29. The number of hydrogen-bond donors (Lipinski definition) is 1. The fraction of sp³-hybridized carbons (Fsp3) is 0.571. The SMILES string of the molecule is CCNC(=NCC(C)Oc1ccccc1C)N1CCC(N2CC=CC2)C1. The number of guanidine groups is 1.